The van der Waals surface area contributed by atoms with Crippen molar-refractivity contribution in [2.75, 3.05) is 5.32 Å². The fourth-order valence-electron chi connectivity index (χ4n) is 2.79. The number of carbonyl (C=O) groups excluding carboxylic acids is 1. The van der Waals surface area contributed by atoms with E-state index >= 15 is 0 Å². The number of benzene rings is 2. The van der Waals surface area contributed by atoms with E-state index in [0.29, 0.717) is 23.3 Å². The summed E-state index contributed by atoms with van der Waals surface area (Å²) in [5, 5.41) is 11.6. The van der Waals surface area contributed by atoms with Gasteiger partial charge in [-0.25, -0.2) is 9.07 Å². The number of nitrogens with one attached hydrogen (secondary N) is 1. The molecule has 1 N–H and O–H groups in total. The number of nitrogens with zero attached hydrogens (tertiary/aromatic N) is 3. The fraction of sp³-hybridized carbons (Fsp3) is 0.105. The minimum absolute atomic E-state index is 0.138. The predicted octanol–water partition coefficient (Wildman–Crippen LogP) is 3.77. The molecule has 0 bridgehead atoms. The van der Waals surface area contributed by atoms with Crippen molar-refractivity contribution in [3.8, 4) is 0 Å². The van der Waals surface area contributed by atoms with Gasteiger partial charge in [-0.15, -0.1) is 0 Å². The number of hydrogen-bond acceptors (Lipinski definition) is 4. The van der Waals surface area contributed by atoms with Crippen LogP contribution in [0.1, 0.15) is 21.7 Å². The normalized spacial score (nSPS) is 11.0. The second-order valence-electron chi connectivity index (χ2n) is 5.95. The summed E-state index contributed by atoms with van der Waals surface area (Å²) in [6, 6.07) is 13.4. The van der Waals surface area contributed by atoms with Gasteiger partial charge in [0.2, 0.25) is 5.76 Å². The third-order valence-electron chi connectivity index (χ3n) is 4.07. The second kappa shape index (κ2) is 6.44. The summed E-state index contributed by atoms with van der Waals surface area (Å²) in [5.41, 5.74) is 2.15. The van der Waals surface area contributed by atoms with Gasteiger partial charge >= 0.3 is 0 Å². The summed E-state index contributed by atoms with van der Waals surface area (Å²) in [5.74, 6) is -0.0638. The van der Waals surface area contributed by atoms with E-state index in [1.54, 1.807) is 35.1 Å². The summed E-state index contributed by atoms with van der Waals surface area (Å²) in [4.78, 5) is 12.7. The quantitative estimate of drug-likeness (QED) is 0.608. The van der Waals surface area contributed by atoms with E-state index in [-0.39, 0.29) is 11.6 Å². The monoisotopic (exact) mass is 350 g/mol. The van der Waals surface area contributed by atoms with Crippen molar-refractivity contribution in [2.45, 2.75) is 13.5 Å². The Hall–Kier alpha value is -3.48. The molecule has 0 saturated heterocycles. The van der Waals surface area contributed by atoms with E-state index in [4.69, 9.17) is 4.52 Å². The van der Waals surface area contributed by atoms with Crippen molar-refractivity contribution < 1.29 is 13.7 Å². The third kappa shape index (κ3) is 2.95. The van der Waals surface area contributed by atoms with Crippen LogP contribution in [0.4, 0.5) is 10.2 Å². The molecule has 26 heavy (non-hydrogen) atoms. The summed E-state index contributed by atoms with van der Waals surface area (Å²) in [6.07, 6.45) is 1.65. The zero-order valence-electron chi connectivity index (χ0n) is 13.9. The molecule has 6 nitrogen and oxygen atoms in total. The highest BCUT2D eigenvalue weighted by atomic mass is 19.1. The maximum Gasteiger partial charge on any atom is 0.296 e. The van der Waals surface area contributed by atoms with Crippen molar-refractivity contribution in [3.63, 3.8) is 0 Å². The Kier molecular flexibility index (Phi) is 3.96. The van der Waals surface area contributed by atoms with Gasteiger partial charge in [0, 0.05) is 5.56 Å². The van der Waals surface area contributed by atoms with E-state index in [2.05, 4.69) is 15.6 Å². The average molecular weight is 350 g/mol. The molecule has 0 spiro atoms. The van der Waals surface area contributed by atoms with Crippen molar-refractivity contribution >= 4 is 22.6 Å². The molecular weight excluding hydrogens is 335 g/mol. The second-order valence-corrected chi connectivity index (χ2v) is 5.95. The van der Waals surface area contributed by atoms with E-state index in [1.807, 2.05) is 19.1 Å². The molecule has 0 saturated carbocycles. The summed E-state index contributed by atoms with van der Waals surface area (Å²) in [7, 11) is 0. The van der Waals surface area contributed by atoms with Crippen LogP contribution in [0.2, 0.25) is 0 Å². The number of halogens is 1. The number of fused-ring (bicyclic) bond motifs is 1. The number of rotatable bonds is 4. The van der Waals surface area contributed by atoms with Gasteiger partial charge in [-0.2, -0.15) is 5.10 Å². The lowest BCUT2D eigenvalue weighted by molar-refractivity contribution is 0.0989. The number of aromatic nitrogens is 3. The van der Waals surface area contributed by atoms with Gasteiger partial charge in [-0.1, -0.05) is 29.4 Å². The maximum atomic E-state index is 13.4. The lowest BCUT2D eigenvalue weighted by Crippen LogP contribution is -2.16. The molecule has 0 fully saturated rings. The highest BCUT2D eigenvalue weighted by Gasteiger charge is 2.19. The largest absolute Gasteiger partial charge is 0.350 e. The fourth-order valence-corrected chi connectivity index (χ4v) is 2.79. The Labute approximate surface area is 148 Å². The summed E-state index contributed by atoms with van der Waals surface area (Å²) < 4.78 is 20.2. The molecule has 4 rings (SSSR count). The molecule has 0 aliphatic rings. The van der Waals surface area contributed by atoms with Gasteiger partial charge in [0.15, 0.2) is 0 Å². The Morgan fingerprint density at radius 2 is 2.08 bits per heavy atom. The molecule has 2 heterocycles. The molecule has 0 aliphatic heterocycles. The molecule has 2 aromatic carbocycles. The van der Waals surface area contributed by atoms with Crippen LogP contribution in [0.15, 0.2) is 59.3 Å². The van der Waals surface area contributed by atoms with Crippen LogP contribution in [-0.2, 0) is 6.54 Å². The van der Waals surface area contributed by atoms with Crippen molar-refractivity contribution in [3.05, 3.63) is 77.4 Å². The zero-order valence-corrected chi connectivity index (χ0v) is 13.9. The molecule has 0 unspecified atom stereocenters. The molecule has 2 aromatic heterocycles. The molecule has 1 amide bonds. The van der Waals surface area contributed by atoms with Gasteiger partial charge in [-0.05, 0) is 36.8 Å². The smallest absolute Gasteiger partial charge is 0.296 e. The van der Waals surface area contributed by atoms with E-state index < -0.39 is 5.91 Å². The minimum atomic E-state index is -0.414. The number of carbonyl (C=O) groups is 1. The Balaban J connectivity index is 1.62. The van der Waals surface area contributed by atoms with Gasteiger partial charge < -0.3 is 9.84 Å². The first-order valence-corrected chi connectivity index (χ1v) is 8.04. The highest BCUT2D eigenvalue weighted by molar-refractivity contribution is 6.10. The molecule has 130 valence electrons. The standard InChI is InChI=1S/C19H15FN4O2/c1-12-10-21-24(11-13-5-4-6-14(20)9-13)18(12)22-19(25)17-15-7-2-3-8-16(15)23-26-17/h2-10H,11H2,1H3,(H,22,25). The predicted molar refractivity (Wildman–Crippen MR) is 94.4 cm³/mol. The van der Waals surface area contributed by atoms with Crippen LogP contribution in [0, 0.1) is 12.7 Å². The zero-order chi connectivity index (χ0) is 18.1. The Morgan fingerprint density at radius 3 is 2.92 bits per heavy atom. The van der Waals surface area contributed by atoms with Crippen LogP contribution < -0.4 is 5.32 Å². The first-order chi connectivity index (χ1) is 12.6. The molecule has 0 radical (unpaired) electrons. The van der Waals surface area contributed by atoms with Crippen LogP contribution in [0.25, 0.3) is 10.9 Å². The number of anilines is 1. The van der Waals surface area contributed by atoms with Crippen LogP contribution >= 0.6 is 0 Å². The first kappa shape index (κ1) is 16.0. The number of hydrogen-bond donors (Lipinski definition) is 1. The first-order valence-electron chi connectivity index (χ1n) is 8.04. The van der Waals surface area contributed by atoms with Crippen molar-refractivity contribution in [1.82, 2.24) is 14.9 Å². The van der Waals surface area contributed by atoms with E-state index in [9.17, 15) is 9.18 Å². The average Bonchev–Trinajstić information content (AvgIpc) is 3.20. The lowest BCUT2D eigenvalue weighted by atomic mass is 10.2. The van der Waals surface area contributed by atoms with Gasteiger partial charge in [0.1, 0.15) is 17.2 Å². The van der Waals surface area contributed by atoms with Gasteiger partial charge in [0.25, 0.3) is 5.91 Å². The number of aryl methyl sites for hydroxylation is 1. The highest BCUT2D eigenvalue weighted by Crippen LogP contribution is 2.21. The Bertz CT molecular complexity index is 1100. The molecule has 0 aliphatic carbocycles. The van der Waals surface area contributed by atoms with Crippen LogP contribution in [-0.4, -0.2) is 20.8 Å². The third-order valence-corrected chi connectivity index (χ3v) is 4.07. The molecule has 0 atom stereocenters. The van der Waals surface area contributed by atoms with Gasteiger partial charge in [0.05, 0.1) is 18.1 Å². The van der Waals surface area contributed by atoms with E-state index in [0.717, 1.165) is 11.1 Å². The summed E-state index contributed by atoms with van der Waals surface area (Å²) >= 11 is 0. The minimum Gasteiger partial charge on any atom is -0.350 e. The van der Waals surface area contributed by atoms with Crippen LogP contribution in [0.3, 0.4) is 0 Å². The lowest BCUT2D eigenvalue weighted by Gasteiger charge is -2.09. The van der Waals surface area contributed by atoms with E-state index in [1.165, 1.54) is 12.1 Å². The SMILES string of the molecule is Cc1cnn(Cc2cccc(F)c2)c1NC(=O)c1onc2ccccc12. The van der Waals surface area contributed by atoms with Crippen molar-refractivity contribution in [1.29, 1.82) is 0 Å². The van der Waals surface area contributed by atoms with Crippen LogP contribution in [0.5, 0.6) is 0 Å². The van der Waals surface area contributed by atoms with Gasteiger partial charge in [-0.3, -0.25) is 4.79 Å². The summed E-state index contributed by atoms with van der Waals surface area (Å²) in [6.45, 7) is 2.17. The molecule has 4 aromatic rings. The molecule has 7 heteroatoms. The Morgan fingerprint density at radius 1 is 1.23 bits per heavy atom. The molecular formula is C19H15FN4O2. The maximum absolute atomic E-state index is 13.4. The number of amides is 1. The van der Waals surface area contributed by atoms with Crippen molar-refractivity contribution in [2.24, 2.45) is 0 Å². The topological polar surface area (TPSA) is 73.0 Å².